The summed E-state index contributed by atoms with van der Waals surface area (Å²) in [6.07, 6.45) is 17.9. The number of carboxylic acids is 4. The minimum Gasteiger partial charge on any atom is -0.497 e. The topological polar surface area (TPSA) is 342 Å². The zero-order chi connectivity index (χ0) is 106. The van der Waals surface area contributed by atoms with Gasteiger partial charge in [-0.05, 0) is 219 Å². The summed E-state index contributed by atoms with van der Waals surface area (Å²) in [6.45, 7) is 14.0. The predicted octanol–water partition coefficient (Wildman–Crippen LogP) is 13.0. The molecule has 41 heteroatoms. The number of anilines is 6. The highest BCUT2D eigenvalue weighted by Gasteiger charge is 2.45. The van der Waals surface area contributed by atoms with Gasteiger partial charge >= 0.3 is 23.9 Å². The second-order valence-electron chi connectivity index (χ2n) is 35.9. The standard InChI is InChI=1S/C30H27N3O5S3.C29H25N3O4S3.2C25H21N3O4S3/c1-3-13-31-28(37)26(41-30(31)39)29-32(16-25(34)35)27(36)24(40-29)15-17-7-12-23-21(14-17)20-5-4-6-22(20)33(23)18-8-10-19(38-2)11-9-18;1-2-13-30-27(36)25(39-29(30)37)28-31(16-24(33)34)26(35)23(38-28)15-17-11-12-22-20(14-17)19-9-6-10-21(19)32(22)18-7-4-3-5-8-18;1-3-26-17-8-6-5-7-15(17)16-11-14(9-10-18(16)26)12-19-22(31)28(13-20(29)30)24(34-19)21-23(32)27(4-2)25(33)35-21;1-2-26-23(32)21(35-25(26)33)24-28(14-20(29)30)22(31)19(34-24)13-15-8-9-18-16(12-15)10-11-27(18)17-6-4-3-5-7-17/h3,7-12,14-15,20,22H,1,4-6,13,16H2,2H3,(H,34,35);2-5,7-8,11-12,14-15,19,21H,1,6,9-10,13,16H2,(H,33,34);5-12H,3-4,13H2,1-2H3,(H,29,30);3-9,12-13H,2,10-11,14H2,1H3,(H,29,30)/b24-15+,29-26+;23-15+,28-25+;19-12+,24-21+;19-13+,24-21+. The number of aliphatic carboxylic acids is 4. The molecule has 2 saturated carbocycles. The Labute approximate surface area is 910 Å². The van der Waals surface area contributed by atoms with Crippen LogP contribution in [0, 0.1) is 0 Å². The number of aromatic nitrogens is 5. The number of para-hydroxylation sites is 3. The third kappa shape index (κ3) is 20.4. The van der Waals surface area contributed by atoms with Gasteiger partial charge in [0.2, 0.25) is 0 Å². The molecule has 7 aliphatic heterocycles. The molecule has 6 fully saturated rings. The van der Waals surface area contributed by atoms with Crippen LogP contribution in [0.2, 0.25) is 0 Å². The van der Waals surface area contributed by atoms with Crippen molar-refractivity contribution in [1.29, 1.82) is 0 Å². The number of carboxylic acid groups (broad SMARTS) is 4. The smallest absolute Gasteiger partial charge is 0.323 e. The van der Waals surface area contributed by atoms with Crippen LogP contribution in [0.3, 0.4) is 0 Å². The third-order valence-electron chi connectivity index (χ3n) is 27.0. The normalized spacial score (nSPS) is 19.5. The number of methoxy groups -OCH3 is 1. The summed E-state index contributed by atoms with van der Waals surface area (Å²) in [5.74, 6) is -4.29. The molecule has 5 aromatic heterocycles. The zero-order valence-electron chi connectivity index (χ0n) is 80.9. The number of carbonyl (C=O) groups is 8. The number of amides is 4. The molecule has 4 N–H and O–H groups in total. The maximum absolute atomic E-state index is 13.5. The number of benzene rings is 8. The van der Waals surface area contributed by atoms with Gasteiger partial charge in [-0.2, -0.15) is 0 Å². The van der Waals surface area contributed by atoms with Gasteiger partial charge in [0.15, 0.2) is 0 Å². The van der Waals surface area contributed by atoms with Gasteiger partial charge in [-0.15, -0.1) is 58.5 Å². The van der Waals surface area contributed by atoms with Crippen molar-refractivity contribution in [3.05, 3.63) is 324 Å². The molecule has 764 valence electrons. The summed E-state index contributed by atoms with van der Waals surface area (Å²) >= 11 is 30.2. The van der Waals surface area contributed by atoms with Gasteiger partial charge in [0.25, 0.3) is 45.9 Å². The van der Waals surface area contributed by atoms with Gasteiger partial charge in [-0.25, -0.2) is 0 Å². The van der Waals surface area contributed by atoms with Crippen LogP contribution in [-0.4, -0.2) is 180 Å². The lowest BCUT2D eigenvalue weighted by Gasteiger charge is -2.27. The van der Waals surface area contributed by atoms with Crippen molar-refractivity contribution in [2.24, 2.45) is 0 Å². The highest BCUT2D eigenvalue weighted by Crippen LogP contribution is 2.55. The van der Waals surface area contributed by atoms with Crippen LogP contribution in [0.1, 0.15) is 110 Å². The number of thioether (sulfide) groups is 4. The van der Waals surface area contributed by atoms with Crippen molar-refractivity contribution in [3.63, 3.8) is 0 Å². The minimum atomic E-state index is -1.16. The molecular formula is C109H94N12O17S12. The average Bonchev–Trinajstić information content (AvgIpc) is 1.59. The Morgan fingerprint density at radius 3 is 1.13 bits per heavy atom. The molecule has 9 aliphatic rings. The maximum atomic E-state index is 13.5. The van der Waals surface area contributed by atoms with Crippen molar-refractivity contribution in [1.82, 2.24) is 42.4 Å². The molecule has 4 atom stereocenters. The molecular weight excluding hydrogens is 2130 g/mol. The lowest BCUT2D eigenvalue weighted by Crippen LogP contribution is -2.35. The number of thiocarbonyl (C=S) groups is 4. The molecule has 150 heavy (non-hydrogen) atoms. The Bertz CT molecular complexity index is 8760. The van der Waals surface area contributed by atoms with Gasteiger partial charge in [-0.3, -0.25) is 95.4 Å². The maximum Gasteiger partial charge on any atom is 0.323 e. The molecule has 0 radical (unpaired) electrons. The van der Waals surface area contributed by atoms with Crippen LogP contribution in [0.25, 0.3) is 65.7 Å². The molecule has 2 aliphatic carbocycles. The number of carbonyl (C=O) groups excluding carboxylic acids is 4. The van der Waals surface area contributed by atoms with E-state index in [0.29, 0.717) is 101 Å². The van der Waals surface area contributed by atoms with Gasteiger partial charge < -0.3 is 44.4 Å². The van der Waals surface area contributed by atoms with Crippen molar-refractivity contribution in [3.8, 4) is 5.75 Å². The number of fused-ring (bicyclic) bond motifs is 10. The van der Waals surface area contributed by atoms with Crippen LogP contribution < -0.4 is 78.5 Å². The van der Waals surface area contributed by atoms with Crippen LogP contribution in [0.4, 0.5) is 34.1 Å². The third-order valence-corrected chi connectivity index (χ3v) is 37.8. The van der Waals surface area contributed by atoms with Crippen LogP contribution in [0.15, 0.2) is 226 Å². The number of ether oxygens (including phenoxy) is 1. The van der Waals surface area contributed by atoms with E-state index in [2.05, 4.69) is 130 Å². The van der Waals surface area contributed by atoms with E-state index in [0.717, 1.165) is 235 Å². The van der Waals surface area contributed by atoms with E-state index in [4.69, 9.17) is 53.6 Å². The second-order valence-corrected chi connectivity index (χ2v) is 46.6. The van der Waals surface area contributed by atoms with Gasteiger partial charge in [0.1, 0.15) is 87.5 Å². The molecule has 4 amide bonds. The SMILES string of the molecule is C=CCN1C(=O)/C(=c2\s/c(=C/c3ccc4c(c3)C3CCCC3N4c3ccc(OC)cc3)c(=O)n2CC(=O)O)SC1=S.C=CCN1C(=O)/C(=c2\s/c(=C/c3ccc4c(c3)C3CCCC3N4c3ccccc3)c(=O)n2CC(=O)O)SC1=S.CCN1C(=O)/C(=c2\s/c(=C/c3ccc4c(c3)CCN4c3ccccc3)c(=O)n2CC(=O)O)SC1=S.CCN1C(=O)/C(=c2\s/c(=C/c3ccc4c(c3)c3ccccc3n4CC)c(=O)n2CC(=O)O)SC1=S. The monoisotopic (exact) mass is 2230 g/mol. The van der Waals surface area contributed by atoms with Gasteiger partial charge in [-0.1, -0.05) is 200 Å². The van der Waals surface area contributed by atoms with Crippen LogP contribution in [-0.2, 0) is 77.5 Å². The first-order valence-corrected chi connectivity index (χ1v) is 56.1. The fraction of sp³-hybridized carbons (Fsp3) is 0.229. The Balaban J connectivity index is 0.000000126. The molecule has 22 rings (SSSR count). The summed E-state index contributed by atoms with van der Waals surface area (Å²) in [5.41, 5.74) is 14.6. The van der Waals surface area contributed by atoms with Crippen LogP contribution >= 0.6 is 141 Å². The number of hydrogen-bond acceptors (Lipinski definition) is 28. The largest absolute Gasteiger partial charge is 0.497 e. The highest BCUT2D eigenvalue weighted by molar-refractivity contribution is 8.31. The Kier molecular flexibility index (Phi) is 31.2. The summed E-state index contributed by atoms with van der Waals surface area (Å²) < 4.78 is 16.5. The van der Waals surface area contributed by atoms with E-state index < -0.39 is 72.3 Å². The molecule has 29 nitrogen and oxygen atoms in total. The first-order chi connectivity index (χ1) is 72.4. The lowest BCUT2D eigenvalue weighted by molar-refractivity contribution is -0.138. The molecule has 8 aromatic carbocycles. The number of aryl methyl sites for hydroxylation is 1. The Morgan fingerprint density at radius 1 is 0.387 bits per heavy atom. The van der Waals surface area contributed by atoms with E-state index >= 15 is 0 Å². The summed E-state index contributed by atoms with van der Waals surface area (Å²) in [5, 5.41) is 40.0. The van der Waals surface area contributed by atoms with E-state index in [9.17, 15) is 78.0 Å². The predicted molar refractivity (Wildman–Crippen MR) is 615 cm³/mol. The number of thiazole rings is 4. The first kappa shape index (κ1) is 105. The zero-order valence-corrected chi connectivity index (χ0v) is 90.7. The second kappa shape index (κ2) is 44.5. The average molecular weight is 2230 g/mol. The number of hydrogen-bond donors (Lipinski definition) is 4. The Hall–Kier alpha value is -13.6. The minimum absolute atomic E-state index is 0.243. The van der Waals surface area contributed by atoms with E-state index in [1.165, 1.54) is 54.1 Å². The van der Waals surface area contributed by atoms with Gasteiger partial charge in [0, 0.05) is 119 Å². The van der Waals surface area contributed by atoms with Crippen molar-refractivity contribution in [2.45, 2.75) is 122 Å². The quantitative estimate of drug-likeness (QED) is 0.0341. The van der Waals surface area contributed by atoms with E-state index in [-0.39, 0.29) is 46.5 Å². The van der Waals surface area contributed by atoms with E-state index in [1.807, 2.05) is 105 Å². The Morgan fingerprint density at radius 2 is 0.740 bits per heavy atom. The van der Waals surface area contributed by atoms with Gasteiger partial charge in [0.05, 0.1) is 25.2 Å². The van der Waals surface area contributed by atoms with Crippen LogP contribution in [0.5, 0.6) is 5.75 Å². The number of rotatable bonds is 23. The first-order valence-electron chi connectivity index (χ1n) is 48.0. The summed E-state index contributed by atoms with van der Waals surface area (Å²) in [4.78, 5) is 165. The highest BCUT2D eigenvalue weighted by atomic mass is 32.2. The molecule has 0 bridgehead atoms. The molecule has 13 aromatic rings. The summed E-state index contributed by atoms with van der Waals surface area (Å²) in [7, 11) is 1.66. The molecule has 12 heterocycles. The summed E-state index contributed by atoms with van der Waals surface area (Å²) in [6, 6.07) is 62.4. The fourth-order valence-electron chi connectivity index (χ4n) is 20.5. The fourth-order valence-corrected chi connectivity index (χ4v) is 30.9. The van der Waals surface area contributed by atoms with Crippen molar-refractivity contribution in [2.75, 3.05) is 54.5 Å². The molecule has 0 spiro atoms. The number of nitrogens with zero attached hydrogens (tertiary/aromatic N) is 12. The van der Waals surface area contributed by atoms with Crippen molar-refractivity contribution >= 4 is 306 Å². The molecule has 4 unspecified atom stereocenters. The molecule has 4 saturated heterocycles. The van der Waals surface area contributed by atoms with E-state index in [1.54, 1.807) is 43.6 Å². The lowest BCUT2D eigenvalue weighted by atomic mass is 9.96. The van der Waals surface area contributed by atoms with Crippen molar-refractivity contribution < 1.29 is 63.5 Å².